The fraction of sp³-hybridized carbons (Fsp3) is 0.500. The second-order valence-electron chi connectivity index (χ2n) is 7.11. The number of rotatable bonds is 4. The highest BCUT2D eigenvalue weighted by molar-refractivity contribution is 5.44. The molecule has 1 aliphatic rings. The van der Waals surface area contributed by atoms with E-state index in [1.165, 1.54) is 6.33 Å². The maximum atomic E-state index is 14.6. The fourth-order valence-corrected chi connectivity index (χ4v) is 2.74. The van der Waals surface area contributed by atoms with Gasteiger partial charge in [-0.2, -0.15) is 0 Å². The van der Waals surface area contributed by atoms with Gasteiger partial charge in [0.05, 0.1) is 18.9 Å². The minimum Gasteiger partial charge on any atom is -0.378 e. The van der Waals surface area contributed by atoms with Gasteiger partial charge in [0.15, 0.2) is 11.6 Å². The van der Waals surface area contributed by atoms with Crippen LogP contribution >= 0.6 is 0 Å². The molecule has 0 amide bonds. The highest BCUT2D eigenvalue weighted by Crippen LogP contribution is 2.26. The lowest BCUT2D eigenvalue weighted by Gasteiger charge is -2.28. The summed E-state index contributed by atoms with van der Waals surface area (Å²) >= 11 is 0. The van der Waals surface area contributed by atoms with Crippen molar-refractivity contribution in [2.45, 2.75) is 32.7 Å². The summed E-state index contributed by atoms with van der Waals surface area (Å²) in [6, 6.07) is 3.93. The van der Waals surface area contributed by atoms with E-state index in [9.17, 15) is 4.39 Å². The molecule has 1 saturated heterocycles. The minimum absolute atomic E-state index is 0.227. The Hall–Kier alpha value is -2.28. The Kier molecular flexibility index (Phi) is 5.13. The van der Waals surface area contributed by atoms with Crippen LogP contribution in [0.15, 0.2) is 24.7 Å². The SMILES string of the molecule is CC(C)(C)c1ncnc(NCc2ccnc(N3CCOCC3)c2)c1F. The number of ether oxygens (including phenoxy) is 1. The van der Waals surface area contributed by atoms with Crippen molar-refractivity contribution < 1.29 is 9.13 Å². The van der Waals surface area contributed by atoms with Crippen LogP contribution in [0.3, 0.4) is 0 Å². The molecular weight excluding hydrogens is 321 g/mol. The Labute approximate surface area is 147 Å². The molecule has 0 unspecified atom stereocenters. The zero-order chi connectivity index (χ0) is 17.9. The van der Waals surface area contributed by atoms with Gasteiger partial charge in [0.25, 0.3) is 0 Å². The molecular formula is C18H24FN5O. The Morgan fingerprint density at radius 1 is 1.20 bits per heavy atom. The van der Waals surface area contributed by atoms with Crippen molar-refractivity contribution in [1.29, 1.82) is 0 Å². The van der Waals surface area contributed by atoms with Gasteiger partial charge >= 0.3 is 0 Å². The standard InChI is InChI=1S/C18H24FN5O/c1-18(2,3)16-15(19)17(23-12-22-16)21-11-13-4-5-20-14(10-13)24-6-8-25-9-7-24/h4-5,10,12H,6-9,11H2,1-3H3,(H,21,22,23). The highest BCUT2D eigenvalue weighted by Gasteiger charge is 2.23. The van der Waals surface area contributed by atoms with E-state index in [1.807, 2.05) is 32.9 Å². The molecule has 0 spiro atoms. The summed E-state index contributed by atoms with van der Waals surface area (Å²) in [7, 11) is 0. The van der Waals surface area contributed by atoms with E-state index in [0.717, 1.165) is 24.5 Å². The zero-order valence-electron chi connectivity index (χ0n) is 14.9. The first-order valence-electron chi connectivity index (χ1n) is 8.47. The molecule has 134 valence electrons. The summed E-state index contributed by atoms with van der Waals surface area (Å²) in [6.45, 7) is 9.35. The van der Waals surface area contributed by atoms with Gasteiger partial charge in [-0.1, -0.05) is 20.8 Å². The predicted molar refractivity (Wildman–Crippen MR) is 95.3 cm³/mol. The van der Waals surface area contributed by atoms with Gasteiger partial charge in [-0.3, -0.25) is 0 Å². The Morgan fingerprint density at radius 2 is 1.96 bits per heavy atom. The third-order valence-electron chi connectivity index (χ3n) is 4.10. The maximum Gasteiger partial charge on any atom is 0.187 e. The van der Waals surface area contributed by atoms with Crippen LogP contribution in [0.1, 0.15) is 32.0 Å². The molecule has 0 bridgehead atoms. The van der Waals surface area contributed by atoms with Gasteiger partial charge in [0.1, 0.15) is 12.1 Å². The van der Waals surface area contributed by atoms with Crippen LogP contribution in [0, 0.1) is 5.82 Å². The molecule has 6 nitrogen and oxygen atoms in total. The average molecular weight is 345 g/mol. The second-order valence-corrected chi connectivity index (χ2v) is 7.11. The number of anilines is 2. The summed E-state index contributed by atoms with van der Waals surface area (Å²) in [6.07, 6.45) is 3.18. The molecule has 2 aromatic rings. The molecule has 3 rings (SSSR count). The number of pyridine rings is 1. The van der Waals surface area contributed by atoms with Crippen LogP contribution in [0.2, 0.25) is 0 Å². The molecule has 1 aliphatic heterocycles. The third kappa shape index (κ3) is 4.22. The normalized spacial score (nSPS) is 15.3. The molecule has 7 heteroatoms. The van der Waals surface area contributed by atoms with Crippen LogP contribution < -0.4 is 10.2 Å². The van der Waals surface area contributed by atoms with Crippen LogP contribution in [-0.4, -0.2) is 41.3 Å². The average Bonchev–Trinajstić information content (AvgIpc) is 2.61. The maximum absolute atomic E-state index is 14.6. The molecule has 0 atom stereocenters. The summed E-state index contributed by atoms with van der Waals surface area (Å²) in [5.74, 6) is 0.753. The molecule has 0 aliphatic carbocycles. The fourth-order valence-electron chi connectivity index (χ4n) is 2.74. The first kappa shape index (κ1) is 17.5. The Balaban J connectivity index is 1.72. The van der Waals surface area contributed by atoms with E-state index in [-0.39, 0.29) is 11.2 Å². The van der Waals surface area contributed by atoms with Gasteiger partial charge in [0.2, 0.25) is 0 Å². The van der Waals surface area contributed by atoms with E-state index in [4.69, 9.17) is 4.74 Å². The number of hydrogen-bond donors (Lipinski definition) is 1. The van der Waals surface area contributed by atoms with E-state index in [2.05, 4.69) is 25.2 Å². The molecule has 2 aromatic heterocycles. The van der Waals surface area contributed by atoms with Crippen LogP contribution in [0.5, 0.6) is 0 Å². The van der Waals surface area contributed by atoms with Gasteiger partial charge < -0.3 is 15.0 Å². The van der Waals surface area contributed by atoms with Crippen LogP contribution in [-0.2, 0) is 16.7 Å². The van der Waals surface area contributed by atoms with Gasteiger partial charge in [-0.25, -0.2) is 19.3 Å². The van der Waals surface area contributed by atoms with Crippen molar-refractivity contribution >= 4 is 11.6 Å². The number of hydrogen-bond acceptors (Lipinski definition) is 6. The molecule has 1 N–H and O–H groups in total. The van der Waals surface area contributed by atoms with Crippen molar-refractivity contribution in [3.05, 3.63) is 41.7 Å². The predicted octanol–water partition coefficient (Wildman–Crippen LogP) is 2.76. The topological polar surface area (TPSA) is 63.2 Å². The number of aromatic nitrogens is 3. The van der Waals surface area contributed by atoms with E-state index < -0.39 is 5.82 Å². The molecule has 0 radical (unpaired) electrons. The second kappa shape index (κ2) is 7.31. The summed E-state index contributed by atoms with van der Waals surface area (Å²) in [5.41, 5.74) is 1.06. The largest absolute Gasteiger partial charge is 0.378 e. The van der Waals surface area contributed by atoms with Gasteiger partial charge in [0, 0.05) is 31.2 Å². The van der Waals surface area contributed by atoms with Gasteiger partial charge in [-0.05, 0) is 17.7 Å². The lowest BCUT2D eigenvalue weighted by atomic mass is 9.91. The van der Waals surface area contributed by atoms with E-state index in [0.29, 0.717) is 25.5 Å². The Bertz CT molecular complexity index is 726. The summed E-state index contributed by atoms with van der Waals surface area (Å²) in [4.78, 5) is 14.7. The first-order chi connectivity index (χ1) is 11.9. The molecule has 0 aromatic carbocycles. The van der Waals surface area contributed by atoms with Crippen molar-refractivity contribution in [2.75, 3.05) is 36.5 Å². The molecule has 3 heterocycles. The highest BCUT2D eigenvalue weighted by atomic mass is 19.1. The monoisotopic (exact) mass is 345 g/mol. The van der Waals surface area contributed by atoms with Crippen LogP contribution in [0.25, 0.3) is 0 Å². The number of nitrogens with zero attached hydrogens (tertiary/aromatic N) is 4. The summed E-state index contributed by atoms with van der Waals surface area (Å²) < 4.78 is 20.0. The lowest BCUT2D eigenvalue weighted by Crippen LogP contribution is -2.36. The van der Waals surface area contributed by atoms with E-state index in [1.54, 1.807) is 6.20 Å². The molecule has 1 fully saturated rings. The van der Waals surface area contributed by atoms with Crippen molar-refractivity contribution in [1.82, 2.24) is 15.0 Å². The minimum atomic E-state index is -0.391. The summed E-state index contributed by atoms with van der Waals surface area (Å²) in [5, 5.41) is 3.07. The van der Waals surface area contributed by atoms with Crippen LogP contribution in [0.4, 0.5) is 16.0 Å². The molecule has 25 heavy (non-hydrogen) atoms. The number of nitrogens with one attached hydrogen (secondary N) is 1. The number of halogens is 1. The van der Waals surface area contributed by atoms with Crippen molar-refractivity contribution in [3.8, 4) is 0 Å². The first-order valence-corrected chi connectivity index (χ1v) is 8.47. The molecule has 0 saturated carbocycles. The Morgan fingerprint density at radius 3 is 2.68 bits per heavy atom. The zero-order valence-corrected chi connectivity index (χ0v) is 14.9. The lowest BCUT2D eigenvalue weighted by molar-refractivity contribution is 0.122. The van der Waals surface area contributed by atoms with Crippen molar-refractivity contribution in [3.63, 3.8) is 0 Å². The smallest absolute Gasteiger partial charge is 0.187 e. The quantitative estimate of drug-likeness (QED) is 0.919. The van der Waals surface area contributed by atoms with Gasteiger partial charge in [-0.15, -0.1) is 0 Å². The third-order valence-corrected chi connectivity index (χ3v) is 4.10. The van der Waals surface area contributed by atoms with E-state index >= 15 is 0 Å². The van der Waals surface area contributed by atoms with Crippen molar-refractivity contribution in [2.24, 2.45) is 0 Å². The number of morpholine rings is 1.